The molecule has 0 saturated heterocycles. The van der Waals surface area contributed by atoms with Crippen molar-refractivity contribution in [2.75, 3.05) is 0 Å². The maximum atomic E-state index is 12.3. The Morgan fingerprint density at radius 2 is 1.33 bits per heavy atom. The summed E-state index contributed by atoms with van der Waals surface area (Å²) < 4.78 is 1.91. The van der Waals surface area contributed by atoms with Gasteiger partial charge in [-0.3, -0.25) is 4.79 Å². The largest absolute Gasteiger partial charge is 0.508 e. The van der Waals surface area contributed by atoms with Crippen LogP contribution >= 0.6 is 0 Å². The Balaban J connectivity index is 0.000000238. The molecule has 0 aliphatic carbocycles. The molecule has 2 aromatic heterocycles. The highest BCUT2D eigenvalue weighted by Gasteiger charge is 2.13. The van der Waals surface area contributed by atoms with Crippen LogP contribution in [-0.4, -0.2) is 15.3 Å². The second-order valence-electron chi connectivity index (χ2n) is 5.25. The van der Waals surface area contributed by atoms with Gasteiger partial charge in [0.15, 0.2) is 5.78 Å². The molecule has 0 bridgehead atoms. The van der Waals surface area contributed by atoms with Crippen LogP contribution in [0.1, 0.15) is 15.9 Å². The third-order valence-corrected chi connectivity index (χ3v) is 3.61. The number of hydrogen-bond acceptors (Lipinski definition) is 2. The highest BCUT2D eigenvalue weighted by Crippen LogP contribution is 2.18. The highest BCUT2D eigenvalue weighted by molar-refractivity contribution is 6.13. The second kappa shape index (κ2) is 7.29. The molecule has 0 amide bonds. The van der Waals surface area contributed by atoms with Crippen LogP contribution in [0.15, 0.2) is 97.3 Å². The molecule has 4 rings (SSSR count). The van der Waals surface area contributed by atoms with Crippen LogP contribution in [0.3, 0.4) is 0 Å². The molecule has 0 unspecified atom stereocenters. The lowest BCUT2D eigenvalue weighted by Gasteiger charge is -2.01. The van der Waals surface area contributed by atoms with Gasteiger partial charge in [-0.1, -0.05) is 42.5 Å². The summed E-state index contributed by atoms with van der Waals surface area (Å²) in [5.41, 5.74) is 2.13. The Kier molecular flexibility index (Phi) is 4.73. The van der Waals surface area contributed by atoms with Gasteiger partial charge in [0.25, 0.3) is 0 Å². The number of nitrogens with zero attached hydrogens (tertiary/aromatic N) is 1. The molecular weight excluding hydrogens is 298 g/mol. The number of phenols is 1. The average molecular weight is 315 g/mol. The summed E-state index contributed by atoms with van der Waals surface area (Å²) in [6.07, 6.45) is 3.77. The molecule has 0 aliphatic heterocycles. The van der Waals surface area contributed by atoms with Gasteiger partial charge in [-0.05, 0) is 42.5 Å². The average Bonchev–Trinajstić information content (AvgIpc) is 3.08. The summed E-state index contributed by atoms with van der Waals surface area (Å²) in [7, 11) is 0. The van der Waals surface area contributed by atoms with E-state index in [1.165, 1.54) is 12.1 Å². The van der Waals surface area contributed by atoms with Gasteiger partial charge in [-0.25, -0.2) is 0 Å². The molecule has 1 N–H and O–H groups in total. The summed E-state index contributed by atoms with van der Waals surface area (Å²) in [5.74, 6) is 0.122. The fourth-order valence-electron chi connectivity index (χ4n) is 2.40. The minimum absolute atomic E-state index is 0.0382. The van der Waals surface area contributed by atoms with E-state index in [1.807, 2.05) is 77.5 Å². The first-order valence-corrected chi connectivity index (χ1v) is 7.65. The van der Waals surface area contributed by atoms with Crippen molar-refractivity contribution in [1.82, 2.24) is 4.40 Å². The number of benzene rings is 2. The van der Waals surface area contributed by atoms with Crippen molar-refractivity contribution in [2.24, 2.45) is 0 Å². The van der Waals surface area contributed by atoms with Crippen LogP contribution in [0.2, 0.25) is 0 Å². The highest BCUT2D eigenvalue weighted by atomic mass is 16.3. The van der Waals surface area contributed by atoms with Crippen molar-refractivity contribution in [3.63, 3.8) is 0 Å². The lowest BCUT2D eigenvalue weighted by molar-refractivity contribution is 0.104. The Bertz CT molecular complexity index is 898. The monoisotopic (exact) mass is 315 g/mol. The van der Waals surface area contributed by atoms with Gasteiger partial charge in [0.05, 0.1) is 5.52 Å². The summed E-state index contributed by atoms with van der Waals surface area (Å²) in [6, 6.07) is 25.8. The zero-order chi connectivity index (χ0) is 16.8. The topological polar surface area (TPSA) is 41.7 Å². The van der Waals surface area contributed by atoms with Crippen LogP contribution in [0, 0.1) is 0 Å². The van der Waals surface area contributed by atoms with Gasteiger partial charge < -0.3 is 9.51 Å². The molecule has 0 saturated carbocycles. The maximum absolute atomic E-state index is 12.3. The van der Waals surface area contributed by atoms with E-state index < -0.39 is 0 Å². The van der Waals surface area contributed by atoms with Crippen LogP contribution in [0.5, 0.6) is 5.75 Å². The number of ketones is 1. The van der Waals surface area contributed by atoms with Gasteiger partial charge in [-0.2, -0.15) is 0 Å². The third kappa shape index (κ3) is 3.52. The molecule has 2 heterocycles. The number of pyridine rings is 1. The van der Waals surface area contributed by atoms with E-state index in [4.69, 9.17) is 0 Å². The number of rotatable bonds is 2. The number of fused-ring (bicyclic) bond motifs is 1. The number of hydrogen-bond donors (Lipinski definition) is 1. The summed E-state index contributed by atoms with van der Waals surface area (Å²) in [6.45, 7) is 0. The van der Waals surface area contributed by atoms with Gasteiger partial charge in [0, 0.05) is 23.5 Å². The van der Waals surface area contributed by atoms with Crippen molar-refractivity contribution in [3.8, 4) is 5.75 Å². The van der Waals surface area contributed by atoms with Gasteiger partial charge in [0.2, 0.25) is 0 Å². The molecular formula is C21H17NO2. The van der Waals surface area contributed by atoms with E-state index in [9.17, 15) is 9.90 Å². The lowest BCUT2D eigenvalue weighted by Crippen LogP contribution is -2.00. The zero-order valence-electron chi connectivity index (χ0n) is 13.0. The molecule has 118 valence electrons. The molecule has 0 aliphatic rings. The van der Waals surface area contributed by atoms with Gasteiger partial charge >= 0.3 is 0 Å². The molecule has 0 fully saturated rings. The van der Waals surface area contributed by atoms with E-state index in [2.05, 4.69) is 0 Å². The van der Waals surface area contributed by atoms with E-state index in [0.29, 0.717) is 11.1 Å². The molecule has 3 heteroatoms. The summed E-state index contributed by atoms with van der Waals surface area (Å²) in [5, 5.41) is 9.23. The van der Waals surface area contributed by atoms with Gasteiger partial charge in [0.1, 0.15) is 5.75 Å². The van der Waals surface area contributed by atoms with Crippen molar-refractivity contribution in [1.29, 1.82) is 0 Å². The fourth-order valence-corrected chi connectivity index (χ4v) is 2.40. The van der Waals surface area contributed by atoms with E-state index in [-0.39, 0.29) is 11.5 Å². The molecule has 0 radical (unpaired) electrons. The van der Waals surface area contributed by atoms with Crippen LogP contribution in [-0.2, 0) is 0 Å². The van der Waals surface area contributed by atoms with Crippen molar-refractivity contribution >= 4 is 11.3 Å². The first-order valence-electron chi connectivity index (χ1n) is 7.65. The molecule has 0 spiro atoms. The Morgan fingerprint density at radius 3 is 1.96 bits per heavy atom. The Labute approximate surface area is 140 Å². The second-order valence-corrected chi connectivity index (χ2v) is 5.25. The summed E-state index contributed by atoms with van der Waals surface area (Å²) in [4.78, 5) is 12.3. The van der Waals surface area contributed by atoms with Gasteiger partial charge in [-0.15, -0.1) is 0 Å². The number of aromatic hydroxyl groups is 1. The number of carbonyl (C=O) groups excluding carboxylic acids is 1. The molecule has 2 aromatic carbocycles. The molecule has 0 atom stereocenters. The zero-order valence-corrected chi connectivity index (χ0v) is 13.0. The smallest absolute Gasteiger partial charge is 0.195 e. The quantitative estimate of drug-likeness (QED) is 0.551. The summed E-state index contributed by atoms with van der Waals surface area (Å²) >= 11 is 0. The lowest BCUT2D eigenvalue weighted by atomic mass is 10.0. The van der Waals surface area contributed by atoms with E-state index in [0.717, 1.165) is 5.52 Å². The Morgan fingerprint density at radius 1 is 0.708 bits per heavy atom. The minimum atomic E-state index is -0.0382. The normalized spacial score (nSPS) is 10.0. The minimum Gasteiger partial charge on any atom is -0.508 e. The molecule has 4 aromatic rings. The Hall–Kier alpha value is -3.33. The van der Waals surface area contributed by atoms with Crippen LogP contribution in [0.25, 0.3) is 5.52 Å². The van der Waals surface area contributed by atoms with Crippen LogP contribution in [0.4, 0.5) is 0 Å². The van der Waals surface area contributed by atoms with E-state index in [1.54, 1.807) is 12.1 Å². The van der Waals surface area contributed by atoms with Crippen molar-refractivity contribution < 1.29 is 9.90 Å². The van der Waals surface area contributed by atoms with Crippen molar-refractivity contribution in [3.05, 3.63) is 108 Å². The first kappa shape index (κ1) is 15.6. The first-order chi connectivity index (χ1) is 11.8. The predicted octanol–water partition coefficient (Wildman–Crippen LogP) is 4.56. The van der Waals surface area contributed by atoms with Crippen molar-refractivity contribution in [2.45, 2.75) is 0 Å². The number of aromatic nitrogens is 1. The number of carbonyl (C=O) groups is 1. The predicted molar refractivity (Wildman–Crippen MR) is 95.4 cm³/mol. The third-order valence-electron chi connectivity index (χ3n) is 3.61. The molecule has 24 heavy (non-hydrogen) atoms. The maximum Gasteiger partial charge on any atom is 0.195 e. The van der Waals surface area contributed by atoms with Crippen LogP contribution < -0.4 is 0 Å². The SMILES string of the molecule is O=C(c1ccc(O)cc1)c1ccn2ccccc12.c1ccccc1. The fraction of sp³-hybridized carbons (Fsp3) is 0. The number of phenolic OH excluding ortho intramolecular Hbond substituents is 1. The molecule has 3 nitrogen and oxygen atoms in total. The standard InChI is InChI=1S/C15H11NO2.C6H6/c17-12-6-4-11(5-7-12)15(18)13-8-10-16-9-2-1-3-14(13)16;1-2-4-6-5-3-1/h1-10,17H;1-6H. The van der Waals surface area contributed by atoms with E-state index >= 15 is 0 Å².